The zero-order valence-corrected chi connectivity index (χ0v) is 14.6. The molecule has 2 aromatic heterocycles. The number of fused-ring (bicyclic) bond motifs is 1. The minimum absolute atomic E-state index is 0.163. The lowest BCUT2D eigenvalue weighted by Crippen LogP contribution is -2.16. The Kier molecular flexibility index (Phi) is 3.80. The molecule has 3 aromatic rings. The lowest BCUT2D eigenvalue weighted by Gasteiger charge is -2.09. The first-order valence-corrected chi connectivity index (χ1v) is 8.10. The quantitative estimate of drug-likeness (QED) is 0.780. The molecule has 1 aliphatic rings. The van der Waals surface area contributed by atoms with Crippen LogP contribution in [0.3, 0.4) is 0 Å². The third kappa shape index (κ3) is 2.97. The van der Waals surface area contributed by atoms with Crippen LogP contribution in [0, 0.1) is 20.8 Å². The average molecular weight is 351 g/mol. The van der Waals surface area contributed by atoms with Gasteiger partial charge in [0.1, 0.15) is 5.82 Å². The van der Waals surface area contributed by atoms with E-state index >= 15 is 0 Å². The smallest absolute Gasteiger partial charge is 0.256 e. The van der Waals surface area contributed by atoms with Gasteiger partial charge in [0.2, 0.25) is 6.79 Å². The predicted octanol–water partition coefficient (Wildman–Crippen LogP) is 2.57. The van der Waals surface area contributed by atoms with Crippen LogP contribution in [0.5, 0.6) is 11.5 Å². The van der Waals surface area contributed by atoms with Crippen molar-refractivity contribution >= 4 is 11.7 Å². The number of anilines is 1. The lowest BCUT2D eigenvalue weighted by atomic mass is 10.2. The molecule has 0 bridgehead atoms. The van der Waals surface area contributed by atoms with Gasteiger partial charge in [-0.3, -0.25) is 4.79 Å². The number of nitrogens with one attached hydrogen (secondary N) is 1. The molecule has 0 radical (unpaired) electrons. The molecule has 1 aromatic carbocycles. The molecule has 4 rings (SSSR count). The molecular formula is C18H17N5O3. The molecule has 8 nitrogen and oxygen atoms in total. The third-order valence-corrected chi connectivity index (χ3v) is 3.87. The highest BCUT2D eigenvalue weighted by atomic mass is 16.7. The molecule has 0 spiro atoms. The number of rotatable bonds is 3. The van der Waals surface area contributed by atoms with Crippen LogP contribution in [0.15, 0.2) is 30.3 Å². The van der Waals surface area contributed by atoms with Gasteiger partial charge in [0.15, 0.2) is 11.5 Å². The van der Waals surface area contributed by atoms with Crippen LogP contribution in [-0.2, 0) is 0 Å². The summed E-state index contributed by atoms with van der Waals surface area (Å²) in [7, 11) is 0. The number of benzene rings is 1. The van der Waals surface area contributed by atoms with Crippen LogP contribution >= 0.6 is 0 Å². The predicted molar refractivity (Wildman–Crippen MR) is 93.9 cm³/mol. The molecule has 0 fully saturated rings. The van der Waals surface area contributed by atoms with Gasteiger partial charge in [-0.25, -0.2) is 9.97 Å². The van der Waals surface area contributed by atoms with Crippen molar-refractivity contribution in [3.8, 4) is 17.4 Å². The molecule has 0 atom stereocenters. The summed E-state index contributed by atoms with van der Waals surface area (Å²) in [6, 6.07) is 8.70. The normalized spacial score (nSPS) is 12.3. The Labute approximate surface area is 149 Å². The summed E-state index contributed by atoms with van der Waals surface area (Å²) in [5, 5.41) is 7.26. The van der Waals surface area contributed by atoms with Gasteiger partial charge in [0.05, 0.1) is 5.69 Å². The van der Waals surface area contributed by atoms with E-state index < -0.39 is 0 Å². The fourth-order valence-corrected chi connectivity index (χ4v) is 2.77. The number of carbonyl (C=O) groups is 1. The minimum atomic E-state index is -0.283. The van der Waals surface area contributed by atoms with E-state index in [1.165, 1.54) is 4.68 Å². The standard InChI is InChI=1S/C18H17N5O3/c1-10-6-11(2)20-18(19-10)23-16(7-12(3)22-23)21-17(24)13-4-5-14-15(8-13)26-9-25-14/h4-8H,9H2,1-3H3,(H,21,24). The van der Waals surface area contributed by atoms with Crippen molar-refractivity contribution in [1.82, 2.24) is 19.7 Å². The van der Waals surface area contributed by atoms with E-state index in [1.807, 2.05) is 26.8 Å². The molecule has 1 amide bonds. The van der Waals surface area contributed by atoms with E-state index in [-0.39, 0.29) is 12.7 Å². The van der Waals surface area contributed by atoms with E-state index in [1.54, 1.807) is 24.3 Å². The Morgan fingerprint density at radius 1 is 1.00 bits per heavy atom. The SMILES string of the molecule is Cc1cc(C)nc(-n2nc(C)cc2NC(=O)c2ccc3c(c2)OCO3)n1. The van der Waals surface area contributed by atoms with Crippen LogP contribution in [0.2, 0.25) is 0 Å². The number of hydrogen-bond donors (Lipinski definition) is 1. The Bertz CT molecular complexity index is 992. The van der Waals surface area contributed by atoms with Crippen LogP contribution in [0.4, 0.5) is 5.82 Å². The van der Waals surface area contributed by atoms with Crippen molar-refractivity contribution in [1.29, 1.82) is 0 Å². The second kappa shape index (κ2) is 6.14. The van der Waals surface area contributed by atoms with Gasteiger partial charge < -0.3 is 14.8 Å². The number of aryl methyl sites for hydroxylation is 3. The first-order valence-electron chi connectivity index (χ1n) is 8.10. The Morgan fingerprint density at radius 2 is 1.73 bits per heavy atom. The van der Waals surface area contributed by atoms with Gasteiger partial charge in [-0.2, -0.15) is 9.78 Å². The van der Waals surface area contributed by atoms with Gasteiger partial charge in [-0.15, -0.1) is 0 Å². The molecule has 1 N–H and O–H groups in total. The monoisotopic (exact) mass is 351 g/mol. The van der Waals surface area contributed by atoms with E-state index in [2.05, 4.69) is 20.4 Å². The maximum atomic E-state index is 12.7. The fraction of sp³-hybridized carbons (Fsp3) is 0.222. The van der Waals surface area contributed by atoms with Gasteiger partial charge in [0, 0.05) is 23.0 Å². The summed E-state index contributed by atoms with van der Waals surface area (Å²) in [5.74, 6) is 1.81. The number of aromatic nitrogens is 4. The van der Waals surface area contributed by atoms with E-state index in [0.29, 0.717) is 28.8 Å². The molecule has 8 heteroatoms. The first kappa shape index (κ1) is 16.1. The van der Waals surface area contributed by atoms with Gasteiger partial charge in [-0.05, 0) is 45.0 Å². The largest absolute Gasteiger partial charge is 0.454 e. The van der Waals surface area contributed by atoms with E-state index in [4.69, 9.17) is 9.47 Å². The summed E-state index contributed by atoms with van der Waals surface area (Å²) in [4.78, 5) is 21.5. The van der Waals surface area contributed by atoms with Crippen molar-refractivity contribution < 1.29 is 14.3 Å². The van der Waals surface area contributed by atoms with Crippen molar-refractivity contribution in [2.45, 2.75) is 20.8 Å². The number of ether oxygens (including phenoxy) is 2. The van der Waals surface area contributed by atoms with Crippen LogP contribution < -0.4 is 14.8 Å². The lowest BCUT2D eigenvalue weighted by molar-refractivity contribution is 0.102. The van der Waals surface area contributed by atoms with Crippen molar-refractivity contribution in [2.24, 2.45) is 0 Å². The van der Waals surface area contributed by atoms with Gasteiger partial charge >= 0.3 is 0 Å². The summed E-state index contributed by atoms with van der Waals surface area (Å²) in [6.07, 6.45) is 0. The molecule has 1 aliphatic heterocycles. The second-order valence-corrected chi connectivity index (χ2v) is 6.06. The second-order valence-electron chi connectivity index (χ2n) is 6.06. The van der Waals surface area contributed by atoms with Crippen molar-refractivity contribution in [3.63, 3.8) is 0 Å². The molecule has 0 saturated carbocycles. The maximum Gasteiger partial charge on any atom is 0.256 e. The summed E-state index contributed by atoms with van der Waals surface area (Å²) in [5.41, 5.74) is 2.86. The summed E-state index contributed by atoms with van der Waals surface area (Å²) in [6.45, 7) is 5.78. The highest BCUT2D eigenvalue weighted by Crippen LogP contribution is 2.32. The van der Waals surface area contributed by atoms with E-state index in [9.17, 15) is 4.79 Å². The zero-order valence-electron chi connectivity index (χ0n) is 14.6. The minimum Gasteiger partial charge on any atom is -0.454 e. The van der Waals surface area contributed by atoms with E-state index in [0.717, 1.165) is 17.1 Å². The number of hydrogen-bond acceptors (Lipinski definition) is 6. The van der Waals surface area contributed by atoms with Gasteiger partial charge in [-0.1, -0.05) is 0 Å². The van der Waals surface area contributed by atoms with Crippen LogP contribution in [-0.4, -0.2) is 32.4 Å². The number of carbonyl (C=O) groups excluding carboxylic acids is 1. The topological polar surface area (TPSA) is 91.2 Å². The third-order valence-electron chi connectivity index (χ3n) is 3.87. The summed E-state index contributed by atoms with van der Waals surface area (Å²) < 4.78 is 12.1. The molecular weight excluding hydrogens is 334 g/mol. The highest BCUT2D eigenvalue weighted by molar-refractivity contribution is 6.04. The Balaban J connectivity index is 1.65. The molecule has 3 heterocycles. The first-order chi connectivity index (χ1) is 12.5. The maximum absolute atomic E-state index is 12.7. The highest BCUT2D eigenvalue weighted by Gasteiger charge is 2.18. The fourth-order valence-electron chi connectivity index (χ4n) is 2.77. The van der Waals surface area contributed by atoms with Crippen LogP contribution in [0.1, 0.15) is 27.4 Å². The van der Waals surface area contributed by atoms with Crippen molar-refractivity contribution in [3.05, 3.63) is 53.0 Å². The molecule has 132 valence electrons. The zero-order chi connectivity index (χ0) is 18.3. The molecule has 0 aliphatic carbocycles. The summed E-state index contributed by atoms with van der Waals surface area (Å²) >= 11 is 0. The number of nitrogens with zero attached hydrogens (tertiary/aromatic N) is 4. The van der Waals surface area contributed by atoms with Crippen molar-refractivity contribution in [2.75, 3.05) is 12.1 Å². The average Bonchev–Trinajstić information content (AvgIpc) is 3.19. The molecule has 0 unspecified atom stereocenters. The number of amides is 1. The van der Waals surface area contributed by atoms with Gasteiger partial charge in [0.25, 0.3) is 11.9 Å². The molecule has 26 heavy (non-hydrogen) atoms. The Hall–Kier alpha value is -3.42. The molecule has 0 saturated heterocycles. The van der Waals surface area contributed by atoms with Crippen LogP contribution in [0.25, 0.3) is 5.95 Å². The Morgan fingerprint density at radius 3 is 2.50 bits per heavy atom.